The monoisotopic (exact) mass is 337 g/mol. The van der Waals surface area contributed by atoms with Crippen LogP contribution >= 0.6 is 11.8 Å². The van der Waals surface area contributed by atoms with Gasteiger partial charge in [0.05, 0.1) is 18.1 Å². The van der Waals surface area contributed by atoms with Crippen molar-refractivity contribution in [3.63, 3.8) is 0 Å². The van der Waals surface area contributed by atoms with Crippen molar-refractivity contribution in [2.75, 3.05) is 18.1 Å². The minimum atomic E-state index is -4.34. The fraction of sp³-hybridized carbons (Fsp3) is 0.571. The molecule has 1 rings (SSSR count). The van der Waals surface area contributed by atoms with Gasteiger partial charge in [-0.25, -0.2) is 0 Å². The predicted molar refractivity (Wildman–Crippen MR) is 78.2 cm³/mol. The molecule has 22 heavy (non-hydrogen) atoms. The van der Waals surface area contributed by atoms with Crippen molar-refractivity contribution in [3.8, 4) is 0 Å². The Bertz CT molecular complexity index is 552. The molecule has 1 aromatic rings. The summed E-state index contributed by atoms with van der Waals surface area (Å²) in [5, 5.41) is 0. The largest absolute Gasteiger partial charge is 0.465 e. The van der Waals surface area contributed by atoms with Gasteiger partial charge >= 0.3 is 12.1 Å². The summed E-state index contributed by atoms with van der Waals surface area (Å²) in [4.78, 5) is 23.2. The van der Waals surface area contributed by atoms with Crippen LogP contribution in [0.2, 0.25) is 0 Å². The lowest BCUT2D eigenvalue weighted by Crippen LogP contribution is -2.20. The zero-order chi connectivity index (χ0) is 16.9. The number of aryl methyl sites for hydroxylation is 1. The fourth-order valence-corrected chi connectivity index (χ4v) is 2.71. The van der Waals surface area contributed by atoms with Gasteiger partial charge in [0, 0.05) is 17.0 Å². The number of rotatable bonds is 7. The zero-order valence-electron chi connectivity index (χ0n) is 12.6. The highest BCUT2D eigenvalue weighted by atomic mass is 32.2. The van der Waals surface area contributed by atoms with E-state index in [0.29, 0.717) is 5.69 Å². The molecule has 1 aromatic heterocycles. The first-order valence-electron chi connectivity index (χ1n) is 6.65. The Morgan fingerprint density at radius 2 is 1.91 bits per heavy atom. The number of hydrogen-bond acceptors (Lipinski definition) is 4. The fourth-order valence-electron chi connectivity index (χ4n) is 2.01. The molecule has 0 N–H and O–H groups in total. The second-order valence-corrected chi connectivity index (χ2v) is 5.69. The van der Waals surface area contributed by atoms with Crippen molar-refractivity contribution < 1.29 is 27.5 Å². The number of ketones is 1. The van der Waals surface area contributed by atoms with Crippen molar-refractivity contribution in [2.24, 2.45) is 0 Å². The van der Waals surface area contributed by atoms with E-state index in [1.165, 1.54) is 19.9 Å². The van der Waals surface area contributed by atoms with E-state index in [9.17, 15) is 22.8 Å². The van der Waals surface area contributed by atoms with Crippen molar-refractivity contribution >= 4 is 23.5 Å². The van der Waals surface area contributed by atoms with Crippen LogP contribution in [0.25, 0.3) is 0 Å². The van der Waals surface area contributed by atoms with E-state index in [1.54, 1.807) is 6.92 Å². The smallest absolute Gasteiger partial charge is 0.406 e. The molecule has 0 saturated heterocycles. The Morgan fingerprint density at radius 1 is 1.27 bits per heavy atom. The predicted octanol–water partition coefficient (Wildman–Crippen LogP) is 3.15. The van der Waals surface area contributed by atoms with Gasteiger partial charge in [0.25, 0.3) is 0 Å². The van der Waals surface area contributed by atoms with Gasteiger partial charge in [-0.3, -0.25) is 9.59 Å². The quantitative estimate of drug-likeness (QED) is 0.566. The summed E-state index contributed by atoms with van der Waals surface area (Å²) >= 11 is 1.09. The summed E-state index contributed by atoms with van der Waals surface area (Å²) in [6, 6.07) is 1.45. The van der Waals surface area contributed by atoms with Crippen LogP contribution in [0.3, 0.4) is 0 Å². The summed E-state index contributed by atoms with van der Waals surface area (Å²) in [5.41, 5.74) is 0.934. The van der Waals surface area contributed by atoms with Crippen LogP contribution in [0, 0.1) is 13.8 Å². The van der Waals surface area contributed by atoms with Gasteiger partial charge < -0.3 is 9.30 Å². The Balaban J connectivity index is 2.71. The van der Waals surface area contributed by atoms with Gasteiger partial charge in [-0.1, -0.05) is 0 Å². The molecule has 0 spiro atoms. The van der Waals surface area contributed by atoms with Crippen LogP contribution in [0.1, 0.15) is 28.7 Å². The molecule has 0 aliphatic rings. The molecular formula is C14H18F3NO3S. The standard InChI is InChI=1S/C14H18F3NO3S/c1-4-21-13(20)7-22-6-12(19)11-5-9(2)18(10(11)3)8-14(15,16)17/h5H,4,6-8H2,1-3H3. The lowest BCUT2D eigenvalue weighted by atomic mass is 10.2. The summed E-state index contributed by atoms with van der Waals surface area (Å²) < 4.78 is 43.3. The first-order chi connectivity index (χ1) is 10.2. The van der Waals surface area contributed by atoms with Gasteiger partial charge in [0.15, 0.2) is 5.78 Å². The lowest BCUT2D eigenvalue weighted by molar-refractivity contribution is -0.141. The van der Waals surface area contributed by atoms with Crippen molar-refractivity contribution in [3.05, 3.63) is 23.0 Å². The average molecular weight is 337 g/mol. The Hall–Kier alpha value is -1.44. The third-order valence-corrected chi connectivity index (χ3v) is 3.88. The molecule has 8 heteroatoms. The number of aromatic nitrogens is 1. The van der Waals surface area contributed by atoms with E-state index in [2.05, 4.69) is 0 Å². The Labute approximate surface area is 131 Å². The van der Waals surface area contributed by atoms with Crippen molar-refractivity contribution in [1.29, 1.82) is 0 Å². The second kappa shape index (κ2) is 7.71. The van der Waals surface area contributed by atoms with E-state index < -0.39 is 18.7 Å². The number of Topliss-reactive ketones (excluding diaryl/α,β-unsaturated/α-hetero) is 1. The minimum absolute atomic E-state index is 0.0229. The lowest BCUT2D eigenvalue weighted by Gasteiger charge is -2.12. The summed E-state index contributed by atoms with van der Waals surface area (Å²) in [7, 11) is 0. The zero-order valence-corrected chi connectivity index (χ0v) is 13.4. The first-order valence-corrected chi connectivity index (χ1v) is 7.81. The van der Waals surface area contributed by atoms with E-state index in [0.717, 1.165) is 16.3 Å². The number of esters is 1. The maximum atomic E-state index is 12.5. The average Bonchev–Trinajstić information content (AvgIpc) is 2.65. The van der Waals surface area contributed by atoms with Crippen LogP contribution < -0.4 is 0 Å². The molecule has 1 heterocycles. The molecule has 0 bridgehead atoms. The molecule has 0 aliphatic heterocycles. The summed E-state index contributed by atoms with van der Waals surface area (Å²) in [6.07, 6.45) is -4.34. The van der Waals surface area contributed by atoms with E-state index in [4.69, 9.17) is 4.74 Å². The molecule has 0 amide bonds. The van der Waals surface area contributed by atoms with Crippen LogP contribution in [0.5, 0.6) is 0 Å². The van der Waals surface area contributed by atoms with E-state index >= 15 is 0 Å². The van der Waals surface area contributed by atoms with Gasteiger partial charge in [-0.15, -0.1) is 11.8 Å². The molecule has 0 aromatic carbocycles. The number of alkyl halides is 3. The highest BCUT2D eigenvalue weighted by molar-refractivity contribution is 8.00. The van der Waals surface area contributed by atoms with Gasteiger partial charge in [-0.2, -0.15) is 13.2 Å². The van der Waals surface area contributed by atoms with Crippen molar-refractivity contribution in [2.45, 2.75) is 33.5 Å². The number of carbonyl (C=O) groups is 2. The molecule has 0 atom stereocenters. The Morgan fingerprint density at radius 3 is 2.45 bits per heavy atom. The minimum Gasteiger partial charge on any atom is -0.465 e. The summed E-state index contributed by atoms with van der Waals surface area (Å²) in [6.45, 7) is 3.85. The number of ether oxygens (including phenoxy) is 1. The number of carbonyl (C=O) groups excluding carboxylic acids is 2. The third-order valence-electron chi connectivity index (χ3n) is 2.97. The van der Waals surface area contributed by atoms with Gasteiger partial charge in [-0.05, 0) is 26.8 Å². The molecule has 0 aliphatic carbocycles. The van der Waals surface area contributed by atoms with Crippen molar-refractivity contribution in [1.82, 2.24) is 4.57 Å². The number of thioether (sulfide) groups is 1. The SMILES string of the molecule is CCOC(=O)CSCC(=O)c1cc(C)n(CC(F)(F)F)c1C. The third kappa shape index (κ3) is 5.40. The maximum Gasteiger partial charge on any atom is 0.406 e. The molecule has 4 nitrogen and oxygen atoms in total. The van der Waals surface area contributed by atoms with Crippen LogP contribution in [0.15, 0.2) is 6.07 Å². The molecule has 124 valence electrons. The summed E-state index contributed by atoms with van der Waals surface area (Å²) in [5.74, 6) is -0.644. The highest BCUT2D eigenvalue weighted by Gasteiger charge is 2.30. The molecule has 0 unspecified atom stereocenters. The van der Waals surface area contributed by atoms with Gasteiger partial charge in [0.1, 0.15) is 6.54 Å². The normalized spacial score (nSPS) is 11.5. The highest BCUT2D eigenvalue weighted by Crippen LogP contribution is 2.24. The molecule has 0 radical (unpaired) electrons. The maximum absolute atomic E-state index is 12.5. The van der Waals surface area contributed by atoms with Gasteiger partial charge in [0.2, 0.25) is 0 Å². The number of nitrogens with zero attached hydrogens (tertiary/aromatic N) is 1. The Kier molecular flexibility index (Phi) is 6.52. The second-order valence-electron chi connectivity index (χ2n) is 4.71. The van der Waals surface area contributed by atoms with Crippen LogP contribution in [-0.2, 0) is 16.1 Å². The molecule has 0 fully saturated rings. The number of halogens is 3. The first kappa shape index (κ1) is 18.6. The topological polar surface area (TPSA) is 48.3 Å². The number of hydrogen-bond donors (Lipinski definition) is 0. The van der Waals surface area contributed by atoms with Crippen LogP contribution in [0.4, 0.5) is 13.2 Å². The van der Waals surface area contributed by atoms with Crippen LogP contribution in [-0.4, -0.2) is 40.6 Å². The molecule has 0 saturated carbocycles. The molecular weight excluding hydrogens is 319 g/mol. The van der Waals surface area contributed by atoms with E-state index in [-0.39, 0.29) is 35.2 Å². The van der Waals surface area contributed by atoms with E-state index in [1.807, 2.05) is 0 Å².